The number of piperidine rings is 1. The average Bonchev–Trinajstić information content (AvgIpc) is 2.99. The third-order valence-corrected chi connectivity index (χ3v) is 4.28. The molecule has 1 N–H and O–H groups in total. The fraction of sp³-hybridized carbons (Fsp3) is 0.500. The first-order valence-electron chi connectivity index (χ1n) is 6.57. The average molecular weight is 285 g/mol. The molecule has 0 aromatic heterocycles. The topological polar surface area (TPSA) is 40.5 Å². The van der Waals surface area contributed by atoms with E-state index in [1.54, 1.807) is 0 Å². The van der Waals surface area contributed by atoms with Crippen LogP contribution in [-0.4, -0.2) is 23.7 Å². The van der Waals surface area contributed by atoms with E-state index >= 15 is 0 Å². The number of carbonyl (C=O) groups is 1. The Morgan fingerprint density at radius 1 is 1.30 bits per heavy atom. The van der Waals surface area contributed by atoms with Crippen molar-refractivity contribution in [2.24, 2.45) is 5.92 Å². The Morgan fingerprint density at radius 2 is 2.05 bits per heavy atom. The molecule has 2 bridgehead atoms. The van der Waals surface area contributed by atoms with Gasteiger partial charge in [0, 0.05) is 18.3 Å². The summed E-state index contributed by atoms with van der Waals surface area (Å²) in [4.78, 5) is 12.9. The second-order valence-electron chi connectivity index (χ2n) is 5.52. The molecule has 20 heavy (non-hydrogen) atoms. The van der Waals surface area contributed by atoms with Gasteiger partial charge in [0.1, 0.15) is 0 Å². The Kier molecular flexibility index (Phi) is 2.92. The van der Waals surface area contributed by atoms with Crippen molar-refractivity contribution >= 4 is 11.7 Å². The van der Waals surface area contributed by atoms with Crippen LogP contribution in [0.2, 0.25) is 0 Å². The number of aromatic carboxylic acids is 1. The first kappa shape index (κ1) is 13.3. The lowest BCUT2D eigenvalue weighted by molar-refractivity contribution is -0.138. The molecule has 1 saturated heterocycles. The van der Waals surface area contributed by atoms with Crippen LogP contribution in [-0.2, 0) is 6.18 Å². The number of rotatable bonds is 2. The summed E-state index contributed by atoms with van der Waals surface area (Å²) in [6.07, 6.45) is -1.47. The van der Waals surface area contributed by atoms with Gasteiger partial charge in [0.25, 0.3) is 0 Å². The van der Waals surface area contributed by atoms with Gasteiger partial charge in [-0.15, -0.1) is 0 Å². The van der Waals surface area contributed by atoms with E-state index in [9.17, 15) is 18.0 Å². The summed E-state index contributed by atoms with van der Waals surface area (Å²) in [5, 5.41) is 8.88. The van der Waals surface area contributed by atoms with Crippen LogP contribution in [0.1, 0.15) is 35.2 Å². The predicted molar refractivity (Wildman–Crippen MR) is 66.9 cm³/mol. The van der Waals surface area contributed by atoms with E-state index in [4.69, 9.17) is 5.11 Å². The van der Waals surface area contributed by atoms with Crippen molar-refractivity contribution in [1.82, 2.24) is 0 Å². The number of fused-ring (bicyclic) bond motifs is 2. The number of carboxylic acids is 1. The number of alkyl halides is 3. The van der Waals surface area contributed by atoms with Crippen LogP contribution < -0.4 is 4.90 Å². The molecule has 0 radical (unpaired) electrons. The number of nitrogens with zero attached hydrogens (tertiary/aromatic N) is 1. The number of hydrogen-bond donors (Lipinski definition) is 1. The maximum atomic E-state index is 13.0. The number of anilines is 1. The third-order valence-electron chi connectivity index (χ3n) is 4.28. The number of carboxylic acid groups (broad SMARTS) is 1. The monoisotopic (exact) mass is 285 g/mol. The van der Waals surface area contributed by atoms with Gasteiger partial charge in [-0.2, -0.15) is 13.2 Å². The normalized spacial score (nSPS) is 25.2. The van der Waals surface area contributed by atoms with Crippen LogP contribution in [0, 0.1) is 5.92 Å². The van der Waals surface area contributed by atoms with Gasteiger partial charge in [-0.1, -0.05) is 0 Å². The zero-order valence-corrected chi connectivity index (χ0v) is 10.7. The van der Waals surface area contributed by atoms with Crippen molar-refractivity contribution in [3.63, 3.8) is 0 Å². The summed E-state index contributed by atoms with van der Waals surface area (Å²) in [6, 6.07) is 3.83. The van der Waals surface area contributed by atoms with Gasteiger partial charge >= 0.3 is 12.1 Å². The quantitative estimate of drug-likeness (QED) is 0.905. The first-order chi connectivity index (χ1) is 9.36. The SMILES string of the molecule is O=C(O)c1ccc(N2CC3CCC2C3)cc1C(F)(F)F. The second kappa shape index (κ2) is 4.40. The van der Waals surface area contributed by atoms with Crippen molar-refractivity contribution in [3.05, 3.63) is 29.3 Å². The minimum Gasteiger partial charge on any atom is -0.478 e. The molecule has 1 aliphatic carbocycles. The molecular weight excluding hydrogens is 271 g/mol. The number of hydrogen-bond acceptors (Lipinski definition) is 2. The highest BCUT2D eigenvalue weighted by atomic mass is 19.4. The molecule has 3 rings (SSSR count). The summed E-state index contributed by atoms with van der Waals surface area (Å²) >= 11 is 0. The van der Waals surface area contributed by atoms with Crippen molar-refractivity contribution in [1.29, 1.82) is 0 Å². The summed E-state index contributed by atoms with van der Waals surface area (Å²) in [7, 11) is 0. The zero-order valence-electron chi connectivity index (χ0n) is 10.7. The first-order valence-corrected chi connectivity index (χ1v) is 6.57. The van der Waals surface area contributed by atoms with Gasteiger partial charge in [0.15, 0.2) is 0 Å². The van der Waals surface area contributed by atoms with E-state index in [1.165, 1.54) is 6.07 Å². The third kappa shape index (κ3) is 2.13. The highest BCUT2D eigenvalue weighted by Gasteiger charge is 2.40. The van der Waals surface area contributed by atoms with E-state index in [0.29, 0.717) is 17.6 Å². The van der Waals surface area contributed by atoms with Gasteiger partial charge in [-0.05, 0) is 43.4 Å². The summed E-state index contributed by atoms with van der Waals surface area (Å²) < 4.78 is 38.9. The highest BCUT2D eigenvalue weighted by Crippen LogP contribution is 2.42. The van der Waals surface area contributed by atoms with Crippen LogP contribution in [0.25, 0.3) is 0 Å². The molecule has 2 fully saturated rings. The molecule has 2 aliphatic rings. The van der Waals surface area contributed by atoms with E-state index in [2.05, 4.69) is 0 Å². The fourth-order valence-corrected chi connectivity index (χ4v) is 3.37. The number of benzene rings is 1. The van der Waals surface area contributed by atoms with Gasteiger partial charge in [-0.3, -0.25) is 0 Å². The van der Waals surface area contributed by atoms with Crippen molar-refractivity contribution in [2.75, 3.05) is 11.4 Å². The van der Waals surface area contributed by atoms with Gasteiger partial charge in [0.05, 0.1) is 11.1 Å². The Bertz CT molecular complexity index is 556. The van der Waals surface area contributed by atoms with Gasteiger partial charge < -0.3 is 10.0 Å². The molecule has 2 atom stereocenters. The molecule has 3 nitrogen and oxygen atoms in total. The Balaban J connectivity index is 2.00. The molecule has 1 saturated carbocycles. The van der Waals surface area contributed by atoms with Gasteiger partial charge in [0.2, 0.25) is 0 Å². The van der Waals surface area contributed by atoms with E-state index in [-0.39, 0.29) is 0 Å². The smallest absolute Gasteiger partial charge is 0.417 e. The molecule has 1 heterocycles. The molecule has 1 aromatic rings. The lowest BCUT2D eigenvalue weighted by Crippen LogP contribution is -2.32. The van der Waals surface area contributed by atoms with E-state index in [0.717, 1.165) is 37.9 Å². The summed E-state index contributed by atoms with van der Waals surface area (Å²) in [6.45, 7) is 0.772. The molecule has 108 valence electrons. The standard InChI is InChI=1S/C14H14F3NO2/c15-14(16,17)12-6-10(3-4-11(12)13(19)20)18-7-8-1-2-9(18)5-8/h3-4,6,8-9H,1-2,5,7H2,(H,19,20). The maximum Gasteiger partial charge on any atom is 0.417 e. The van der Waals surface area contributed by atoms with Crippen LogP contribution >= 0.6 is 0 Å². The molecular formula is C14H14F3NO2. The van der Waals surface area contributed by atoms with Crippen LogP contribution in [0.5, 0.6) is 0 Å². The molecule has 0 spiro atoms. The molecule has 1 aromatic carbocycles. The van der Waals surface area contributed by atoms with Crippen molar-refractivity contribution < 1.29 is 23.1 Å². The molecule has 2 unspecified atom stereocenters. The minimum atomic E-state index is -4.65. The molecule has 0 amide bonds. The van der Waals surface area contributed by atoms with Crippen LogP contribution in [0.4, 0.5) is 18.9 Å². The van der Waals surface area contributed by atoms with E-state index in [1.807, 2.05) is 4.90 Å². The Morgan fingerprint density at radius 3 is 2.55 bits per heavy atom. The molecule has 6 heteroatoms. The second-order valence-corrected chi connectivity index (χ2v) is 5.52. The van der Waals surface area contributed by atoms with E-state index < -0.39 is 23.3 Å². The zero-order chi connectivity index (χ0) is 14.5. The van der Waals surface area contributed by atoms with Gasteiger partial charge in [-0.25, -0.2) is 4.79 Å². The largest absolute Gasteiger partial charge is 0.478 e. The lowest BCUT2D eigenvalue weighted by Gasteiger charge is -2.30. The number of halogens is 3. The lowest BCUT2D eigenvalue weighted by atomic mass is 10.0. The van der Waals surface area contributed by atoms with Crippen molar-refractivity contribution in [2.45, 2.75) is 31.5 Å². The van der Waals surface area contributed by atoms with Crippen molar-refractivity contribution in [3.8, 4) is 0 Å². The minimum absolute atomic E-state index is 0.303. The van der Waals surface area contributed by atoms with Crippen LogP contribution in [0.15, 0.2) is 18.2 Å². The fourth-order valence-electron chi connectivity index (χ4n) is 3.37. The summed E-state index contributed by atoms with van der Waals surface area (Å²) in [5.41, 5.74) is -1.27. The predicted octanol–water partition coefficient (Wildman–Crippen LogP) is 3.39. The Hall–Kier alpha value is -1.72. The van der Waals surface area contributed by atoms with Crippen LogP contribution in [0.3, 0.4) is 0 Å². The highest BCUT2D eigenvalue weighted by molar-refractivity contribution is 5.90. The molecule has 1 aliphatic heterocycles. The maximum absolute atomic E-state index is 13.0. The Labute approximate surface area is 114 Å². The summed E-state index contributed by atoms with van der Waals surface area (Å²) in [5.74, 6) is -0.986.